The number of rotatable bonds is 2. The number of hydrogen-bond acceptors (Lipinski definition) is 3. The van der Waals surface area contributed by atoms with E-state index in [0.29, 0.717) is 10.8 Å². The molecule has 0 aromatic heterocycles. The minimum Gasteiger partial charge on any atom is -0.271 e. The summed E-state index contributed by atoms with van der Waals surface area (Å²) >= 11 is 1.78. The lowest BCUT2D eigenvalue weighted by Gasteiger charge is -2.35. The minimum atomic E-state index is -0.117. The van der Waals surface area contributed by atoms with Gasteiger partial charge in [0.2, 0.25) is 0 Å². The Hall–Kier alpha value is -0.770. The summed E-state index contributed by atoms with van der Waals surface area (Å²) in [5.74, 6) is -0.204. The van der Waals surface area contributed by atoms with Gasteiger partial charge in [-0.3, -0.25) is 14.5 Å². The molecule has 2 rings (SSSR count). The quantitative estimate of drug-likeness (QED) is 0.691. The fourth-order valence-electron chi connectivity index (χ4n) is 2.57. The molecular weight excluding hydrogens is 222 g/mol. The molecule has 0 bridgehead atoms. The molecule has 16 heavy (non-hydrogen) atoms. The molecule has 0 aromatic rings. The van der Waals surface area contributed by atoms with Crippen molar-refractivity contribution in [3.63, 3.8) is 0 Å². The highest BCUT2D eigenvalue weighted by Gasteiger charge is 2.39. The van der Waals surface area contributed by atoms with E-state index in [9.17, 15) is 9.59 Å². The van der Waals surface area contributed by atoms with Crippen LogP contribution in [0.25, 0.3) is 0 Å². The molecule has 2 amide bonds. The molecule has 1 saturated carbocycles. The van der Waals surface area contributed by atoms with Crippen LogP contribution >= 0.6 is 11.8 Å². The lowest BCUT2D eigenvalue weighted by molar-refractivity contribution is -0.140. The van der Waals surface area contributed by atoms with Crippen LogP contribution in [0.5, 0.6) is 0 Å². The smallest absolute Gasteiger partial charge is 0.256 e. The molecule has 0 spiro atoms. The van der Waals surface area contributed by atoms with Gasteiger partial charge in [0.1, 0.15) is 0 Å². The van der Waals surface area contributed by atoms with Crippen LogP contribution in [0, 0.1) is 0 Å². The van der Waals surface area contributed by atoms with E-state index in [-0.39, 0.29) is 17.9 Å². The molecule has 1 aliphatic heterocycles. The van der Waals surface area contributed by atoms with Gasteiger partial charge in [0.15, 0.2) is 0 Å². The molecule has 2 aliphatic rings. The van der Waals surface area contributed by atoms with Gasteiger partial charge < -0.3 is 0 Å². The maximum atomic E-state index is 11.9. The average Bonchev–Trinajstić information content (AvgIpc) is 2.53. The zero-order valence-corrected chi connectivity index (χ0v) is 10.5. The molecule has 0 N–H and O–H groups in total. The van der Waals surface area contributed by atoms with E-state index in [2.05, 4.69) is 6.26 Å². The van der Waals surface area contributed by atoms with Crippen molar-refractivity contribution in [2.75, 3.05) is 6.26 Å². The summed E-state index contributed by atoms with van der Waals surface area (Å²) in [6, 6.07) is 0.109. The van der Waals surface area contributed by atoms with Gasteiger partial charge in [-0.05, 0) is 26.0 Å². The van der Waals surface area contributed by atoms with E-state index in [1.54, 1.807) is 18.7 Å². The molecule has 1 heterocycles. The molecule has 88 valence electrons. The van der Waals surface area contributed by atoms with Gasteiger partial charge in [0.25, 0.3) is 11.8 Å². The monoisotopic (exact) mass is 239 g/mol. The number of carbonyl (C=O) groups is 2. The van der Waals surface area contributed by atoms with Crippen LogP contribution in [0.4, 0.5) is 0 Å². The van der Waals surface area contributed by atoms with Crippen LogP contribution in [-0.4, -0.2) is 34.3 Å². The van der Waals surface area contributed by atoms with E-state index in [1.807, 2.05) is 0 Å². The second kappa shape index (κ2) is 4.62. The molecule has 3 nitrogen and oxygen atoms in total. The number of carbonyl (C=O) groups excluding carboxylic acids is 2. The van der Waals surface area contributed by atoms with Gasteiger partial charge in [-0.15, -0.1) is 0 Å². The standard InChI is InChI=1S/C12H17NO2S/c1-8-7-11(14)13(12(8)15)9-5-3-4-6-10(9)16-2/h7,9-10H,3-6H2,1-2H3. The van der Waals surface area contributed by atoms with Crippen molar-refractivity contribution >= 4 is 23.6 Å². The Kier molecular flexibility index (Phi) is 3.38. The van der Waals surface area contributed by atoms with E-state index in [4.69, 9.17) is 0 Å². The highest BCUT2D eigenvalue weighted by Crippen LogP contribution is 2.33. The third kappa shape index (κ3) is 1.90. The summed E-state index contributed by atoms with van der Waals surface area (Å²) in [6.45, 7) is 1.72. The number of nitrogens with zero attached hydrogens (tertiary/aromatic N) is 1. The Bertz CT molecular complexity index is 351. The third-order valence-corrected chi connectivity index (χ3v) is 4.59. The van der Waals surface area contributed by atoms with Crippen molar-refractivity contribution in [2.24, 2.45) is 0 Å². The molecule has 0 radical (unpaired) electrons. The number of hydrogen-bond donors (Lipinski definition) is 0. The summed E-state index contributed by atoms with van der Waals surface area (Å²) in [4.78, 5) is 25.2. The van der Waals surface area contributed by atoms with Crippen LogP contribution in [0.3, 0.4) is 0 Å². The Morgan fingerprint density at radius 2 is 2.00 bits per heavy atom. The van der Waals surface area contributed by atoms with Gasteiger partial charge in [0.05, 0.1) is 6.04 Å². The first kappa shape index (κ1) is 11.7. The summed E-state index contributed by atoms with van der Waals surface area (Å²) in [7, 11) is 0. The summed E-state index contributed by atoms with van der Waals surface area (Å²) < 4.78 is 0. The molecule has 0 aromatic carbocycles. The van der Waals surface area contributed by atoms with E-state index >= 15 is 0 Å². The number of imide groups is 1. The molecule has 1 fully saturated rings. The highest BCUT2D eigenvalue weighted by atomic mass is 32.2. The van der Waals surface area contributed by atoms with Crippen molar-refractivity contribution in [3.8, 4) is 0 Å². The average molecular weight is 239 g/mol. The van der Waals surface area contributed by atoms with E-state index < -0.39 is 0 Å². The number of amides is 2. The molecule has 1 aliphatic carbocycles. The Labute approximate surface area is 100 Å². The molecule has 0 saturated heterocycles. The van der Waals surface area contributed by atoms with Gasteiger partial charge in [-0.1, -0.05) is 12.8 Å². The lowest BCUT2D eigenvalue weighted by Crippen LogP contribution is -2.47. The third-order valence-electron chi connectivity index (χ3n) is 3.44. The minimum absolute atomic E-state index is 0.0871. The Morgan fingerprint density at radius 3 is 2.56 bits per heavy atom. The van der Waals surface area contributed by atoms with Crippen molar-refractivity contribution in [1.29, 1.82) is 0 Å². The fourth-order valence-corrected chi connectivity index (χ4v) is 3.54. The van der Waals surface area contributed by atoms with Crippen LogP contribution in [0.15, 0.2) is 11.6 Å². The van der Waals surface area contributed by atoms with Gasteiger partial charge >= 0.3 is 0 Å². The predicted molar refractivity (Wildman–Crippen MR) is 65.2 cm³/mol. The maximum Gasteiger partial charge on any atom is 0.256 e. The first-order valence-corrected chi connectivity index (χ1v) is 7.02. The second-order valence-corrected chi connectivity index (χ2v) is 5.54. The van der Waals surface area contributed by atoms with Crippen LogP contribution in [-0.2, 0) is 9.59 Å². The van der Waals surface area contributed by atoms with Crippen molar-refractivity contribution in [1.82, 2.24) is 4.90 Å². The zero-order chi connectivity index (χ0) is 11.7. The second-order valence-electron chi connectivity index (χ2n) is 4.47. The zero-order valence-electron chi connectivity index (χ0n) is 9.73. The highest BCUT2D eigenvalue weighted by molar-refractivity contribution is 7.99. The van der Waals surface area contributed by atoms with Crippen LogP contribution < -0.4 is 0 Å². The van der Waals surface area contributed by atoms with Gasteiger partial charge in [-0.25, -0.2) is 0 Å². The first-order valence-electron chi connectivity index (χ1n) is 5.73. The molecule has 4 heteroatoms. The van der Waals surface area contributed by atoms with Crippen molar-refractivity contribution < 1.29 is 9.59 Å². The topological polar surface area (TPSA) is 37.4 Å². The normalized spacial score (nSPS) is 30.9. The maximum absolute atomic E-state index is 11.9. The van der Waals surface area contributed by atoms with Crippen LogP contribution in [0.2, 0.25) is 0 Å². The van der Waals surface area contributed by atoms with Crippen LogP contribution in [0.1, 0.15) is 32.6 Å². The summed E-state index contributed by atoms with van der Waals surface area (Å²) in [6.07, 6.45) is 7.94. The van der Waals surface area contributed by atoms with E-state index in [0.717, 1.165) is 19.3 Å². The molecule has 2 atom stereocenters. The van der Waals surface area contributed by atoms with E-state index in [1.165, 1.54) is 17.4 Å². The fraction of sp³-hybridized carbons (Fsp3) is 0.667. The Balaban J connectivity index is 2.18. The molecule has 2 unspecified atom stereocenters. The lowest BCUT2D eigenvalue weighted by atomic mass is 9.93. The largest absolute Gasteiger partial charge is 0.271 e. The summed E-state index contributed by atoms with van der Waals surface area (Å²) in [5, 5.41) is 0.418. The Morgan fingerprint density at radius 1 is 1.31 bits per heavy atom. The predicted octanol–water partition coefficient (Wildman–Crippen LogP) is 1.98. The van der Waals surface area contributed by atoms with Gasteiger partial charge in [0, 0.05) is 16.9 Å². The van der Waals surface area contributed by atoms with Crippen molar-refractivity contribution in [3.05, 3.63) is 11.6 Å². The SMILES string of the molecule is CSC1CCCCC1N1C(=O)C=C(C)C1=O. The first-order chi connectivity index (χ1) is 7.65. The number of thioether (sulfide) groups is 1. The van der Waals surface area contributed by atoms with Gasteiger partial charge in [-0.2, -0.15) is 11.8 Å². The molecular formula is C12H17NO2S. The van der Waals surface area contributed by atoms with Crippen molar-refractivity contribution in [2.45, 2.75) is 43.9 Å². The summed E-state index contributed by atoms with van der Waals surface area (Å²) in [5.41, 5.74) is 0.579.